The van der Waals surface area contributed by atoms with Gasteiger partial charge in [-0.25, -0.2) is 4.98 Å². The number of benzene rings is 1. The average molecular weight is 434 g/mol. The van der Waals surface area contributed by atoms with Gasteiger partial charge in [-0.15, -0.1) is 0 Å². The average Bonchev–Trinajstić information content (AvgIpc) is 3.41. The quantitative estimate of drug-likeness (QED) is 0.455. The van der Waals surface area contributed by atoms with Gasteiger partial charge in [-0.05, 0) is 43.2 Å². The highest BCUT2D eigenvalue weighted by Gasteiger charge is 2.18. The van der Waals surface area contributed by atoms with Crippen LogP contribution in [-0.4, -0.2) is 40.5 Å². The summed E-state index contributed by atoms with van der Waals surface area (Å²) in [6, 6.07) is 8.53. The lowest BCUT2D eigenvalue weighted by Crippen LogP contribution is -2.33. The van der Waals surface area contributed by atoms with Crippen molar-refractivity contribution in [2.24, 2.45) is 0 Å². The Morgan fingerprint density at radius 1 is 1.38 bits per heavy atom. The number of carbonyl (C=O) groups is 1. The summed E-state index contributed by atoms with van der Waals surface area (Å²) in [5, 5.41) is 4.28. The first-order chi connectivity index (χ1) is 14.1. The molecule has 0 spiro atoms. The van der Waals surface area contributed by atoms with Gasteiger partial charge in [0.15, 0.2) is 5.16 Å². The van der Waals surface area contributed by atoms with Crippen LogP contribution in [-0.2, 0) is 16.1 Å². The number of carbonyl (C=O) groups excluding carboxylic acids is 1. The topological polar surface area (TPSA) is 86.4 Å². The van der Waals surface area contributed by atoms with Crippen molar-refractivity contribution in [1.82, 2.24) is 14.9 Å². The van der Waals surface area contributed by atoms with Gasteiger partial charge in [0.25, 0.3) is 5.56 Å². The van der Waals surface area contributed by atoms with Crippen LogP contribution >= 0.6 is 23.4 Å². The number of halogens is 1. The van der Waals surface area contributed by atoms with Crippen molar-refractivity contribution in [2.75, 3.05) is 18.9 Å². The second-order valence-electron chi connectivity index (χ2n) is 6.75. The van der Waals surface area contributed by atoms with E-state index < -0.39 is 0 Å². The maximum atomic E-state index is 13.0. The largest absolute Gasteiger partial charge is 0.467 e. The van der Waals surface area contributed by atoms with E-state index in [4.69, 9.17) is 20.8 Å². The summed E-state index contributed by atoms with van der Waals surface area (Å²) in [7, 11) is 0. The molecule has 152 valence electrons. The number of thioether (sulfide) groups is 1. The Morgan fingerprint density at radius 2 is 2.28 bits per heavy atom. The molecule has 0 bridgehead atoms. The molecule has 1 aliphatic heterocycles. The fraction of sp³-hybridized carbons (Fsp3) is 0.350. The number of ether oxygens (including phenoxy) is 1. The van der Waals surface area contributed by atoms with Gasteiger partial charge in [-0.2, -0.15) is 0 Å². The Morgan fingerprint density at radius 3 is 3.03 bits per heavy atom. The monoisotopic (exact) mass is 433 g/mol. The van der Waals surface area contributed by atoms with Gasteiger partial charge in [0, 0.05) is 18.2 Å². The first-order valence-corrected chi connectivity index (χ1v) is 10.7. The molecule has 2 aromatic heterocycles. The lowest BCUT2D eigenvalue weighted by atomic mass is 10.2. The van der Waals surface area contributed by atoms with Crippen LogP contribution in [0.2, 0.25) is 5.02 Å². The number of hydrogen-bond acceptors (Lipinski definition) is 6. The van der Waals surface area contributed by atoms with Crippen LogP contribution in [0.5, 0.6) is 0 Å². The van der Waals surface area contributed by atoms with Gasteiger partial charge >= 0.3 is 0 Å². The minimum atomic E-state index is -0.203. The van der Waals surface area contributed by atoms with E-state index in [1.54, 1.807) is 36.6 Å². The molecule has 1 aliphatic rings. The van der Waals surface area contributed by atoms with Gasteiger partial charge in [-0.1, -0.05) is 23.4 Å². The standard InChI is InChI=1S/C20H20ClN3O4S/c21-13-5-6-16-17(9-13)23-20(24(19(16)26)11-15-4-2-8-28-15)29-12-18(25)22-10-14-3-1-7-27-14/h2,4-6,8-9,14H,1,3,7,10-12H2,(H,22,25)/t14-/m1/s1. The number of hydrogen-bond donors (Lipinski definition) is 1. The molecule has 1 fully saturated rings. The smallest absolute Gasteiger partial charge is 0.262 e. The number of amides is 1. The number of rotatable bonds is 7. The van der Waals surface area contributed by atoms with Crippen LogP contribution in [0, 0.1) is 0 Å². The van der Waals surface area contributed by atoms with Crippen molar-refractivity contribution >= 4 is 40.2 Å². The summed E-state index contributed by atoms with van der Waals surface area (Å²) >= 11 is 7.27. The van der Waals surface area contributed by atoms with E-state index >= 15 is 0 Å². The van der Waals surface area contributed by atoms with Crippen molar-refractivity contribution < 1.29 is 13.9 Å². The van der Waals surface area contributed by atoms with Crippen LogP contribution in [0.1, 0.15) is 18.6 Å². The maximum absolute atomic E-state index is 13.0. The van der Waals surface area contributed by atoms with Crippen LogP contribution in [0.3, 0.4) is 0 Å². The van der Waals surface area contributed by atoms with Gasteiger partial charge in [0.2, 0.25) is 5.91 Å². The van der Waals surface area contributed by atoms with Crippen LogP contribution in [0.15, 0.2) is 51.0 Å². The normalized spacial score (nSPS) is 16.4. The molecule has 1 aromatic carbocycles. The summed E-state index contributed by atoms with van der Waals surface area (Å²) in [4.78, 5) is 29.9. The van der Waals surface area contributed by atoms with E-state index in [1.807, 2.05) is 0 Å². The predicted molar refractivity (Wildman–Crippen MR) is 112 cm³/mol. The molecule has 0 aliphatic carbocycles. The highest BCUT2D eigenvalue weighted by Crippen LogP contribution is 2.21. The van der Waals surface area contributed by atoms with E-state index in [0.29, 0.717) is 33.4 Å². The molecule has 9 heteroatoms. The Labute approximate surface area is 176 Å². The third kappa shape index (κ3) is 4.83. The molecule has 0 saturated carbocycles. The summed E-state index contributed by atoms with van der Waals surface area (Å²) in [5.74, 6) is 0.644. The van der Waals surface area contributed by atoms with Gasteiger partial charge < -0.3 is 14.5 Å². The molecule has 4 rings (SSSR count). The molecule has 7 nitrogen and oxygen atoms in total. The fourth-order valence-electron chi connectivity index (χ4n) is 3.20. The second kappa shape index (κ2) is 9.02. The molecule has 29 heavy (non-hydrogen) atoms. The van der Waals surface area contributed by atoms with E-state index in [-0.39, 0.29) is 29.9 Å². The van der Waals surface area contributed by atoms with E-state index in [1.165, 1.54) is 16.3 Å². The highest BCUT2D eigenvalue weighted by molar-refractivity contribution is 7.99. The van der Waals surface area contributed by atoms with Gasteiger partial charge in [0.1, 0.15) is 5.76 Å². The Kier molecular flexibility index (Phi) is 6.22. The summed E-state index contributed by atoms with van der Waals surface area (Å²) in [5.41, 5.74) is 0.297. The van der Waals surface area contributed by atoms with E-state index in [2.05, 4.69) is 10.3 Å². The first-order valence-electron chi connectivity index (χ1n) is 9.34. The second-order valence-corrected chi connectivity index (χ2v) is 8.13. The number of nitrogens with zero attached hydrogens (tertiary/aromatic N) is 2. The fourth-order valence-corrected chi connectivity index (χ4v) is 4.19. The summed E-state index contributed by atoms with van der Waals surface area (Å²) in [6.45, 7) is 1.48. The molecule has 1 amide bonds. The molecule has 1 N–H and O–H groups in total. The minimum Gasteiger partial charge on any atom is -0.467 e. The van der Waals surface area contributed by atoms with Crippen LogP contribution in [0.4, 0.5) is 0 Å². The van der Waals surface area contributed by atoms with E-state index in [0.717, 1.165) is 19.4 Å². The lowest BCUT2D eigenvalue weighted by molar-refractivity contribution is -0.119. The van der Waals surface area contributed by atoms with Crippen LogP contribution in [0.25, 0.3) is 10.9 Å². The van der Waals surface area contributed by atoms with Crippen molar-refractivity contribution in [1.29, 1.82) is 0 Å². The molecule has 3 heterocycles. The molecule has 1 atom stereocenters. The van der Waals surface area contributed by atoms with Crippen molar-refractivity contribution in [2.45, 2.75) is 30.6 Å². The first kappa shape index (κ1) is 20.0. The van der Waals surface area contributed by atoms with Crippen molar-refractivity contribution in [3.63, 3.8) is 0 Å². The molecular weight excluding hydrogens is 414 g/mol. The molecule has 1 saturated heterocycles. The Bertz CT molecular complexity index is 1060. The molecule has 0 unspecified atom stereocenters. The third-order valence-electron chi connectivity index (χ3n) is 4.66. The number of fused-ring (bicyclic) bond motifs is 1. The SMILES string of the molecule is O=C(CSc1nc2cc(Cl)ccc2c(=O)n1Cc1ccco1)NC[C@H]1CCCO1. The van der Waals surface area contributed by atoms with Crippen LogP contribution < -0.4 is 10.9 Å². The zero-order valence-electron chi connectivity index (χ0n) is 15.6. The van der Waals surface area contributed by atoms with E-state index in [9.17, 15) is 9.59 Å². The number of aromatic nitrogens is 2. The minimum absolute atomic E-state index is 0.0852. The summed E-state index contributed by atoms with van der Waals surface area (Å²) < 4.78 is 12.4. The lowest BCUT2D eigenvalue weighted by Gasteiger charge is -2.13. The van der Waals surface area contributed by atoms with Crippen molar-refractivity contribution in [3.05, 3.63) is 57.7 Å². The zero-order valence-corrected chi connectivity index (χ0v) is 17.2. The Balaban J connectivity index is 1.55. The number of nitrogens with one attached hydrogen (secondary N) is 1. The van der Waals surface area contributed by atoms with Gasteiger partial charge in [0.05, 0.1) is 35.6 Å². The maximum Gasteiger partial charge on any atom is 0.262 e. The van der Waals surface area contributed by atoms with Crippen molar-refractivity contribution in [3.8, 4) is 0 Å². The zero-order chi connectivity index (χ0) is 20.2. The molecular formula is C20H20ClN3O4S. The predicted octanol–water partition coefficient (Wildman–Crippen LogP) is 3.08. The molecule has 0 radical (unpaired) electrons. The van der Waals surface area contributed by atoms with Gasteiger partial charge in [-0.3, -0.25) is 14.2 Å². The number of furan rings is 1. The third-order valence-corrected chi connectivity index (χ3v) is 5.87. The molecule has 3 aromatic rings. The Hall–Kier alpha value is -2.29. The highest BCUT2D eigenvalue weighted by atomic mass is 35.5. The summed E-state index contributed by atoms with van der Waals surface area (Å²) in [6.07, 6.45) is 3.63.